The summed E-state index contributed by atoms with van der Waals surface area (Å²) in [6.45, 7) is 0. The third kappa shape index (κ3) is 4.60. The Balaban J connectivity index is 0.00000336. The molecule has 4 heterocycles. The predicted molar refractivity (Wildman–Crippen MR) is 198 cm³/mol. The number of hydrogen-bond acceptors (Lipinski definition) is 4. The second kappa shape index (κ2) is 11.9. The maximum Gasteiger partial charge on any atom is 2.00 e. The van der Waals surface area contributed by atoms with Gasteiger partial charge in [-0.2, -0.15) is 6.07 Å². The first-order valence-electron chi connectivity index (χ1n) is 16.2. The number of aromatic nitrogens is 4. The number of nitrogens with zero attached hydrogens (tertiary/aromatic N) is 5. The van der Waals surface area contributed by atoms with Crippen molar-refractivity contribution < 1.29 is 25.5 Å². The monoisotopic (exact) mass is 824 g/mol. The SMILES string of the molecule is Cn1ccnc1-c1[c-]c(N(c2[c-]c3c(cc2)c2ccccc2n3-c2ccccn2)c2cc3ccccc3c3c2oc2ccccc23)ccc1.[Pt+2]. The molecule has 7 heteroatoms. The molecule has 0 bridgehead atoms. The molecule has 0 aliphatic rings. The number of rotatable bonds is 5. The van der Waals surface area contributed by atoms with Crippen LogP contribution in [-0.2, 0) is 28.1 Å². The molecular weight excluding hydrogens is 798 g/mol. The smallest absolute Gasteiger partial charge is 0.454 e. The zero-order valence-electron chi connectivity index (χ0n) is 26.8. The van der Waals surface area contributed by atoms with Crippen molar-refractivity contribution in [2.24, 2.45) is 7.05 Å². The maximum atomic E-state index is 6.76. The average molecular weight is 825 g/mol. The second-order valence-electron chi connectivity index (χ2n) is 12.2. The summed E-state index contributed by atoms with van der Waals surface area (Å²) < 4.78 is 11.0. The summed E-state index contributed by atoms with van der Waals surface area (Å²) in [5.74, 6) is 1.67. The van der Waals surface area contributed by atoms with Crippen LogP contribution in [0.15, 0.2) is 150 Å². The van der Waals surface area contributed by atoms with Crippen LogP contribution in [0.2, 0.25) is 0 Å². The Kier molecular flexibility index (Phi) is 7.15. The standard InChI is InChI=1S/C43H27N5O.Pt/c1-46-24-23-45-43(46)29-12-10-13-30(25-29)47(38-26-28-11-2-3-14-32(28)41-35-16-5-7-18-39(35)49-42(38)41)31-20-21-34-33-15-4-6-17-36(33)48(37(34)27-31)40-19-8-9-22-44-40;/h2-24,26H,1H3;/q-2;+2. The minimum Gasteiger partial charge on any atom is -0.454 e. The number of anilines is 3. The minimum atomic E-state index is 0. The Morgan fingerprint density at radius 2 is 1.44 bits per heavy atom. The van der Waals surface area contributed by atoms with Gasteiger partial charge in [0.1, 0.15) is 11.4 Å². The van der Waals surface area contributed by atoms with Crippen molar-refractivity contribution in [1.29, 1.82) is 0 Å². The molecule has 0 radical (unpaired) electrons. The zero-order chi connectivity index (χ0) is 32.5. The number of aryl methyl sites for hydroxylation is 1. The number of pyridine rings is 1. The third-order valence-electron chi connectivity index (χ3n) is 9.36. The normalized spacial score (nSPS) is 11.5. The van der Waals surface area contributed by atoms with Crippen LogP contribution in [0.25, 0.3) is 71.7 Å². The van der Waals surface area contributed by atoms with E-state index < -0.39 is 0 Å². The number of hydrogen-bond donors (Lipinski definition) is 0. The Labute approximate surface area is 302 Å². The second-order valence-corrected chi connectivity index (χ2v) is 12.2. The van der Waals surface area contributed by atoms with Crippen LogP contribution in [-0.4, -0.2) is 19.1 Å². The van der Waals surface area contributed by atoms with Crippen molar-refractivity contribution in [3.63, 3.8) is 0 Å². The van der Waals surface area contributed by atoms with Crippen LogP contribution in [0.4, 0.5) is 17.1 Å². The van der Waals surface area contributed by atoms with E-state index in [1.54, 1.807) is 0 Å². The van der Waals surface area contributed by atoms with Crippen LogP contribution in [0.3, 0.4) is 0 Å². The molecular formula is C43H27N5OPt. The molecule has 0 unspecified atom stereocenters. The van der Waals surface area contributed by atoms with Crippen molar-refractivity contribution in [2.75, 3.05) is 4.90 Å². The van der Waals surface area contributed by atoms with Crippen molar-refractivity contribution >= 4 is 71.6 Å². The summed E-state index contributed by atoms with van der Waals surface area (Å²) >= 11 is 0. The van der Waals surface area contributed by atoms with Gasteiger partial charge in [-0.05, 0) is 52.2 Å². The molecule has 0 aliphatic carbocycles. The van der Waals surface area contributed by atoms with Crippen LogP contribution in [0.5, 0.6) is 0 Å². The van der Waals surface area contributed by atoms with Crippen molar-refractivity contribution in [3.8, 4) is 17.2 Å². The average Bonchev–Trinajstić information content (AvgIpc) is 3.86. The number of para-hydroxylation sites is 2. The van der Waals surface area contributed by atoms with E-state index in [4.69, 9.17) is 9.40 Å². The largest absolute Gasteiger partial charge is 2.00 e. The summed E-state index contributed by atoms with van der Waals surface area (Å²) in [5.41, 5.74) is 7.13. The number of imidazole rings is 1. The molecule has 6 aromatic carbocycles. The van der Waals surface area contributed by atoms with E-state index in [-0.39, 0.29) is 21.1 Å². The Hall–Kier alpha value is -5.97. The van der Waals surface area contributed by atoms with Gasteiger partial charge in [-0.25, -0.2) is 4.98 Å². The summed E-state index contributed by atoms with van der Waals surface area (Å²) in [6, 6.07) is 51.5. The molecule has 0 saturated carbocycles. The Morgan fingerprint density at radius 1 is 0.660 bits per heavy atom. The van der Waals surface area contributed by atoms with E-state index in [1.807, 2.05) is 66.6 Å². The summed E-state index contributed by atoms with van der Waals surface area (Å²) in [6.07, 6.45) is 5.59. The molecule has 6 nitrogen and oxygen atoms in total. The van der Waals surface area contributed by atoms with Crippen LogP contribution >= 0.6 is 0 Å². The van der Waals surface area contributed by atoms with Gasteiger partial charge < -0.3 is 18.5 Å². The molecule has 50 heavy (non-hydrogen) atoms. The molecule has 0 aliphatic heterocycles. The number of fused-ring (bicyclic) bond motifs is 8. The van der Waals surface area contributed by atoms with Gasteiger partial charge >= 0.3 is 21.1 Å². The van der Waals surface area contributed by atoms with Crippen LogP contribution in [0.1, 0.15) is 0 Å². The molecule has 0 fully saturated rings. The Morgan fingerprint density at radius 3 is 2.28 bits per heavy atom. The number of furan rings is 1. The van der Waals surface area contributed by atoms with Gasteiger partial charge in [0, 0.05) is 41.9 Å². The molecule has 10 rings (SSSR count). The first-order valence-corrected chi connectivity index (χ1v) is 16.2. The predicted octanol–water partition coefficient (Wildman–Crippen LogP) is 10.7. The van der Waals surface area contributed by atoms with Gasteiger partial charge in [0.15, 0.2) is 5.58 Å². The maximum absolute atomic E-state index is 6.76. The molecule has 10 aromatic rings. The molecule has 0 saturated heterocycles. The quantitative estimate of drug-likeness (QED) is 0.162. The Bertz CT molecular complexity index is 2870. The molecule has 0 N–H and O–H groups in total. The zero-order valence-corrected chi connectivity index (χ0v) is 29.1. The summed E-state index contributed by atoms with van der Waals surface area (Å²) in [7, 11) is 2.00. The van der Waals surface area contributed by atoms with E-state index in [0.717, 1.165) is 88.8 Å². The van der Waals surface area contributed by atoms with Crippen molar-refractivity contribution in [1.82, 2.24) is 19.1 Å². The van der Waals surface area contributed by atoms with E-state index in [9.17, 15) is 0 Å². The van der Waals surface area contributed by atoms with E-state index in [2.05, 4.69) is 118 Å². The van der Waals surface area contributed by atoms with Crippen LogP contribution in [0, 0.1) is 12.1 Å². The van der Waals surface area contributed by atoms with Gasteiger partial charge in [-0.3, -0.25) is 4.98 Å². The molecule has 0 atom stereocenters. The fraction of sp³-hybridized carbons (Fsp3) is 0.0233. The van der Waals surface area contributed by atoms with Crippen molar-refractivity contribution in [2.45, 2.75) is 0 Å². The van der Waals surface area contributed by atoms with Gasteiger partial charge in [0.2, 0.25) is 0 Å². The molecule has 0 amide bonds. The third-order valence-corrected chi connectivity index (χ3v) is 9.36. The number of benzene rings is 6. The van der Waals surface area contributed by atoms with Gasteiger partial charge in [0.25, 0.3) is 0 Å². The topological polar surface area (TPSA) is 52.0 Å². The van der Waals surface area contributed by atoms with Crippen molar-refractivity contribution in [3.05, 3.63) is 158 Å². The van der Waals surface area contributed by atoms with E-state index in [0.29, 0.717) is 0 Å². The molecule has 240 valence electrons. The van der Waals surface area contributed by atoms with Gasteiger partial charge in [0.05, 0.1) is 11.5 Å². The van der Waals surface area contributed by atoms with E-state index in [1.165, 1.54) is 0 Å². The molecule has 0 spiro atoms. The fourth-order valence-corrected chi connectivity index (χ4v) is 7.19. The first-order chi connectivity index (χ1) is 24.2. The first kappa shape index (κ1) is 30.1. The minimum absolute atomic E-state index is 0. The van der Waals surface area contributed by atoms with E-state index >= 15 is 0 Å². The molecule has 4 aromatic heterocycles. The summed E-state index contributed by atoms with van der Waals surface area (Å²) in [5, 5.41) is 6.67. The van der Waals surface area contributed by atoms with Gasteiger partial charge in [-0.1, -0.05) is 77.9 Å². The summed E-state index contributed by atoms with van der Waals surface area (Å²) in [4.78, 5) is 11.6. The van der Waals surface area contributed by atoms with Gasteiger partial charge in [-0.15, -0.1) is 47.3 Å². The van der Waals surface area contributed by atoms with Crippen LogP contribution < -0.4 is 4.90 Å². The fourth-order valence-electron chi connectivity index (χ4n) is 7.19.